The summed E-state index contributed by atoms with van der Waals surface area (Å²) in [7, 11) is 0. The summed E-state index contributed by atoms with van der Waals surface area (Å²) in [6.07, 6.45) is 5.30. The van der Waals surface area contributed by atoms with Crippen molar-refractivity contribution in [2.45, 2.75) is 81.8 Å². The molecule has 0 aromatic rings. The van der Waals surface area contributed by atoms with Gasteiger partial charge in [0.2, 0.25) is 5.91 Å². The highest BCUT2D eigenvalue weighted by Crippen LogP contribution is 2.39. The molecule has 188 valence electrons. The van der Waals surface area contributed by atoms with Gasteiger partial charge in [-0.05, 0) is 49.9 Å². The topological polar surface area (TPSA) is 100 Å². The lowest BCUT2D eigenvalue weighted by atomic mass is 9.78. The minimum atomic E-state index is -0.854. The summed E-state index contributed by atoms with van der Waals surface area (Å²) in [6, 6.07) is 0.870. The van der Waals surface area contributed by atoms with Crippen molar-refractivity contribution in [3.63, 3.8) is 0 Å². The molecular formula is C25H42N2O6. The van der Waals surface area contributed by atoms with Crippen molar-refractivity contribution in [2.24, 2.45) is 23.7 Å². The molecule has 2 saturated carbocycles. The molecule has 3 aliphatic heterocycles. The number of carbonyl (C=O) groups is 1. The number of likely N-dealkylation sites (tertiary alicyclic amines) is 1. The molecule has 0 aromatic carbocycles. The predicted molar refractivity (Wildman–Crippen MR) is 122 cm³/mol. The fourth-order valence-electron chi connectivity index (χ4n) is 6.89. The molecule has 8 nitrogen and oxygen atoms in total. The molecule has 1 amide bonds. The van der Waals surface area contributed by atoms with E-state index >= 15 is 0 Å². The largest absolute Gasteiger partial charge is 0.393 e. The first-order valence-corrected chi connectivity index (χ1v) is 13.3. The molecule has 5 rings (SSSR count). The van der Waals surface area contributed by atoms with Crippen LogP contribution in [0, 0.1) is 23.7 Å². The molecule has 0 radical (unpaired) electrons. The molecular weight excluding hydrogens is 424 g/mol. The molecule has 8 heteroatoms. The second kappa shape index (κ2) is 10.9. The third-order valence-electron chi connectivity index (χ3n) is 8.79. The molecule has 0 aromatic heterocycles. The number of nitrogens with zero attached hydrogens (tertiary/aromatic N) is 1. The van der Waals surface area contributed by atoms with E-state index in [2.05, 4.69) is 5.32 Å². The average molecular weight is 467 g/mol. The maximum absolute atomic E-state index is 13.7. The van der Waals surface area contributed by atoms with E-state index in [4.69, 9.17) is 14.2 Å². The number of ether oxygens (including phenoxy) is 3. The second-order valence-electron chi connectivity index (χ2n) is 11.1. The summed E-state index contributed by atoms with van der Waals surface area (Å²) in [5.41, 5.74) is 0. The molecule has 0 spiro atoms. The van der Waals surface area contributed by atoms with E-state index < -0.39 is 24.2 Å². The SMILES string of the molecule is O=C(C1C(O)CC(O)CC1OCC1CCOCC1)N1CC2CCCC(NC3CCOC3)C2C1. The van der Waals surface area contributed by atoms with E-state index in [-0.39, 0.29) is 12.3 Å². The molecule has 0 bridgehead atoms. The van der Waals surface area contributed by atoms with Crippen molar-refractivity contribution < 1.29 is 29.2 Å². The number of fused-ring (bicyclic) bond motifs is 1. The highest BCUT2D eigenvalue weighted by molar-refractivity contribution is 5.80. The minimum absolute atomic E-state index is 0.0173. The van der Waals surface area contributed by atoms with Crippen LogP contribution in [-0.2, 0) is 19.0 Å². The van der Waals surface area contributed by atoms with Crippen molar-refractivity contribution in [2.75, 3.05) is 46.1 Å². The van der Waals surface area contributed by atoms with E-state index in [1.54, 1.807) is 0 Å². The molecule has 5 fully saturated rings. The standard InChI is InChI=1S/C25H42N2O6/c28-19-10-22(29)24(23(11-19)33-14-16-4-7-31-8-5-16)25(30)27-12-17-2-1-3-21(20(17)13-27)26-18-6-9-32-15-18/h16-24,26,28-29H,1-15H2. The number of aliphatic hydroxyl groups excluding tert-OH is 2. The summed E-state index contributed by atoms with van der Waals surface area (Å²) in [5, 5.41) is 25.0. The van der Waals surface area contributed by atoms with Crippen LogP contribution >= 0.6 is 0 Å². The van der Waals surface area contributed by atoms with E-state index in [0.717, 1.165) is 65.2 Å². The Bertz CT molecular complexity index is 653. The quantitative estimate of drug-likeness (QED) is 0.536. The Morgan fingerprint density at radius 2 is 1.82 bits per heavy atom. The van der Waals surface area contributed by atoms with Crippen LogP contribution in [0.5, 0.6) is 0 Å². The number of hydrogen-bond acceptors (Lipinski definition) is 7. The summed E-state index contributed by atoms with van der Waals surface area (Å²) >= 11 is 0. The van der Waals surface area contributed by atoms with Crippen LogP contribution in [0.2, 0.25) is 0 Å². The summed E-state index contributed by atoms with van der Waals surface area (Å²) in [4.78, 5) is 15.7. The predicted octanol–water partition coefficient (Wildman–Crippen LogP) is 0.936. The highest BCUT2D eigenvalue weighted by Gasteiger charge is 2.48. The van der Waals surface area contributed by atoms with Gasteiger partial charge in [-0.1, -0.05) is 6.42 Å². The van der Waals surface area contributed by atoms with Crippen LogP contribution < -0.4 is 5.32 Å². The number of carbonyl (C=O) groups excluding carboxylic acids is 1. The zero-order valence-corrected chi connectivity index (χ0v) is 19.8. The monoisotopic (exact) mass is 466 g/mol. The van der Waals surface area contributed by atoms with Gasteiger partial charge >= 0.3 is 0 Å². The van der Waals surface area contributed by atoms with Crippen LogP contribution in [0.1, 0.15) is 51.4 Å². The Labute approximate surface area is 197 Å². The van der Waals surface area contributed by atoms with Gasteiger partial charge in [-0.3, -0.25) is 4.79 Å². The van der Waals surface area contributed by atoms with E-state index in [0.29, 0.717) is 42.9 Å². The number of amides is 1. The van der Waals surface area contributed by atoms with E-state index in [9.17, 15) is 15.0 Å². The summed E-state index contributed by atoms with van der Waals surface area (Å²) in [5.74, 6) is 0.852. The number of nitrogens with one attached hydrogen (secondary N) is 1. The highest BCUT2D eigenvalue weighted by atomic mass is 16.5. The Balaban J connectivity index is 1.22. The van der Waals surface area contributed by atoms with Gasteiger partial charge in [0.1, 0.15) is 0 Å². The van der Waals surface area contributed by atoms with Crippen LogP contribution in [0.15, 0.2) is 0 Å². The summed E-state index contributed by atoms with van der Waals surface area (Å²) < 4.78 is 17.2. The lowest BCUT2D eigenvalue weighted by Gasteiger charge is -2.39. The molecule has 8 unspecified atom stereocenters. The van der Waals surface area contributed by atoms with Gasteiger partial charge in [0, 0.05) is 64.4 Å². The van der Waals surface area contributed by atoms with Gasteiger partial charge in [0.05, 0.1) is 30.8 Å². The maximum atomic E-state index is 13.7. The third-order valence-corrected chi connectivity index (χ3v) is 8.79. The zero-order chi connectivity index (χ0) is 22.8. The third kappa shape index (κ3) is 5.57. The van der Waals surface area contributed by atoms with Crippen LogP contribution in [-0.4, -0.2) is 97.5 Å². The van der Waals surface area contributed by atoms with Gasteiger partial charge in [0.25, 0.3) is 0 Å². The molecule has 2 aliphatic carbocycles. The average Bonchev–Trinajstić information content (AvgIpc) is 3.48. The van der Waals surface area contributed by atoms with Crippen LogP contribution in [0.3, 0.4) is 0 Å². The number of rotatable bonds is 6. The van der Waals surface area contributed by atoms with Gasteiger partial charge in [-0.15, -0.1) is 0 Å². The first-order valence-electron chi connectivity index (χ1n) is 13.3. The van der Waals surface area contributed by atoms with Crippen molar-refractivity contribution >= 4 is 5.91 Å². The number of hydrogen-bond donors (Lipinski definition) is 3. The van der Waals surface area contributed by atoms with Gasteiger partial charge in [0.15, 0.2) is 0 Å². The summed E-state index contributed by atoms with van der Waals surface area (Å²) in [6.45, 7) is 5.24. The van der Waals surface area contributed by atoms with Crippen molar-refractivity contribution in [3.05, 3.63) is 0 Å². The fraction of sp³-hybridized carbons (Fsp3) is 0.960. The van der Waals surface area contributed by atoms with Crippen LogP contribution in [0.25, 0.3) is 0 Å². The van der Waals surface area contributed by atoms with Crippen molar-refractivity contribution in [1.29, 1.82) is 0 Å². The molecule has 5 aliphatic rings. The first-order chi connectivity index (χ1) is 16.1. The van der Waals surface area contributed by atoms with Gasteiger partial charge < -0.3 is 34.6 Å². The maximum Gasteiger partial charge on any atom is 0.230 e. The van der Waals surface area contributed by atoms with Crippen LogP contribution in [0.4, 0.5) is 0 Å². The Morgan fingerprint density at radius 3 is 2.61 bits per heavy atom. The fourth-order valence-corrected chi connectivity index (χ4v) is 6.89. The van der Waals surface area contributed by atoms with Gasteiger partial charge in [-0.25, -0.2) is 0 Å². The molecule has 8 atom stereocenters. The molecule has 3 saturated heterocycles. The van der Waals surface area contributed by atoms with Crippen molar-refractivity contribution in [3.8, 4) is 0 Å². The first kappa shape index (κ1) is 23.9. The van der Waals surface area contributed by atoms with E-state index in [1.807, 2.05) is 4.90 Å². The van der Waals surface area contributed by atoms with Gasteiger partial charge in [-0.2, -0.15) is 0 Å². The molecule has 3 N–H and O–H groups in total. The number of aliphatic hydroxyl groups is 2. The zero-order valence-electron chi connectivity index (χ0n) is 19.8. The lowest BCUT2D eigenvalue weighted by Crippen LogP contribution is -2.52. The normalized spacial score (nSPS) is 42.4. The van der Waals surface area contributed by atoms with Crippen molar-refractivity contribution in [1.82, 2.24) is 10.2 Å². The Kier molecular flexibility index (Phi) is 7.89. The Morgan fingerprint density at radius 1 is 1.00 bits per heavy atom. The smallest absolute Gasteiger partial charge is 0.230 e. The van der Waals surface area contributed by atoms with E-state index in [1.165, 1.54) is 12.8 Å². The molecule has 3 heterocycles. The molecule has 33 heavy (non-hydrogen) atoms. The Hall–Kier alpha value is -0.770. The second-order valence-corrected chi connectivity index (χ2v) is 11.1. The lowest BCUT2D eigenvalue weighted by molar-refractivity contribution is -0.159. The minimum Gasteiger partial charge on any atom is -0.393 e.